The summed E-state index contributed by atoms with van der Waals surface area (Å²) in [7, 11) is 1.55. The van der Waals surface area contributed by atoms with E-state index in [1.54, 1.807) is 23.0 Å². The van der Waals surface area contributed by atoms with Gasteiger partial charge in [0, 0.05) is 24.7 Å². The zero-order chi connectivity index (χ0) is 20.4. The van der Waals surface area contributed by atoms with Crippen molar-refractivity contribution in [3.05, 3.63) is 53.4 Å². The van der Waals surface area contributed by atoms with E-state index in [9.17, 15) is 14.3 Å². The molecule has 1 aliphatic heterocycles. The lowest BCUT2D eigenvalue weighted by molar-refractivity contribution is 0.205. The van der Waals surface area contributed by atoms with Crippen LogP contribution < -0.4 is 9.64 Å². The number of carbonyl (C=O) groups excluding carboxylic acids is 1. The third-order valence-corrected chi connectivity index (χ3v) is 5.07. The molecule has 1 atom stereocenters. The molecule has 0 saturated carbocycles. The van der Waals surface area contributed by atoms with Crippen LogP contribution in [0.2, 0.25) is 0 Å². The van der Waals surface area contributed by atoms with Crippen LogP contribution in [0.1, 0.15) is 37.9 Å². The second-order valence-electron chi connectivity index (χ2n) is 6.74. The second-order valence-corrected chi connectivity index (χ2v) is 6.74. The van der Waals surface area contributed by atoms with Crippen molar-refractivity contribution in [3.8, 4) is 11.6 Å². The minimum atomic E-state index is -0.535. The fourth-order valence-corrected chi connectivity index (χ4v) is 3.34. The molecular formula is C21H24FN3O3. The molecule has 7 heteroatoms. The van der Waals surface area contributed by atoms with E-state index in [0.29, 0.717) is 30.4 Å². The van der Waals surface area contributed by atoms with Crippen molar-refractivity contribution in [1.29, 1.82) is 0 Å². The SMILES string of the molecule is C/C=C(\C)c1ccc(N2CCN(C(C)c3cc(O)cc(F)c3)C2=O)nc1OC. The molecule has 1 aromatic carbocycles. The molecule has 0 bridgehead atoms. The normalized spacial score (nSPS) is 15.9. The van der Waals surface area contributed by atoms with Gasteiger partial charge in [-0.3, -0.25) is 4.90 Å². The lowest BCUT2D eigenvalue weighted by Crippen LogP contribution is -2.34. The van der Waals surface area contributed by atoms with Crippen LogP contribution in [0.25, 0.3) is 5.57 Å². The maximum absolute atomic E-state index is 13.6. The van der Waals surface area contributed by atoms with Gasteiger partial charge in [0.2, 0.25) is 5.88 Å². The standard InChI is InChI=1S/C21H24FN3O3/c1-5-13(2)18-6-7-19(23-20(18)28-4)25-9-8-24(21(25)27)14(3)15-10-16(22)12-17(26)11-15/h5-7,10-12,14,26H,8-9H2,1-4H3/b13-5+. The number of urea groups is 1. The lowest BCUT2D eigenvalue weighted by atomic mass is 10.1. The van der Waals surface area contributed by atoms with Crippen molar-refractivity contribution < 1.29 is 19.0 Å². The Kier molecular flexibility index (Phi) is 5.53. The molecule has 1 aromatic heterocycles. The summed E-state index contributed by atoms with van der Waals surface area (Å²) in [6.07, 6.45) is 1.97. The number of hydrogen-bond donors (Lipinski definition) is 1. The summed E-state index contributed by atoms with van der Waals surface area (Å²) < 4.78 is 19.0. The minimum absolute atomic E-state index is 0.160. The van der Waals surface area contributed by atoms with Gasteiger partial charge in [0.25, 0.3) is 0 Å². The predicted molar refractivity (Wildman–Crippen MR) is 106 cm³/mol. The van der Waals surface area contributed by atoms with Gasteiger partial charge >= 0.3 is 6.03 Å². The number of aromatic hydroxyl groups is 1. The molecule has 2 amide bonds. The Bertz CT molecular complexity index is 909. The zero-order valence-electron chi connectivity index (χ0n) is 16.4. The molecule has 1 aliphatic rings. The number of carbonyl (C=O) groups is 1. The minimum Gasteiger partial charge on any atom is -0.508 e. The van der Waals surface area contributed by atoms with E-state index >= 15 is 0 Å². The lowest BCUT2D eigenvalue weighted by Gasteiger charge is -2.25. The van der Waals surface area contributed by atoms with Gasteiger partial charge in [-0.15, -0.1) is 0 Å². The summed E-state index contributed by atoms with van der Waals surface area (Å²) in [5.41, 5.74) is 2.45. The van der Waals surface area contributed by atoms with Gasteiger partial charge in [0.1, 0.15) is 17.4 Å². The largest absolute Gasteiger partial charge is 0.508 e. The average Bonchev–Trinajstić information content (AvgIpc) is 3.06. The van der Waals surface area contributed by atoms with Gasteiger partial charge in [-0.25, -0.2) is 9.18 Å². The molecule has 0 aliphatic carbocycles. The number of aromatic nitrogens is 1. The van der Waals surface area contributed by atoms with Crippen LogP contribution in [0.4, 0.5) is 15.0 Å². The molecular weight excluding hydrogens is 361 g/mol. The Morgan fingerprint density at radius 1 is 1.32 bits per heavy atom. The Balaban J connectivity index is 1.86. The van der Waals surface area contributed by atoms with Crippen LogP contribution in [-0.2, 0) is 0 Å². The molecule has 28 heavy (non-hydrogen) atoms. The number of nitrogens with zero attached hydrogens (tertiary/aromatic N) is 3. The topological polar surface area (TPSA) is 65.9 Å². The molecule has 2 heterocycles. The number of amides is 2. The first-order chi connectivity index (χ1) is 13.3. The van der Waals surface area contributed by atoms with Gasteiger partial charge in [0.15, 0.2) is 0 Å². The highest BCUT2D eigenvalue weighted by Crippen LogP contribution is 2.32. The Hall–Kier alpha value is -3.09. The summed E-state index contributed by atoms with van der Waals surface area (Å²) in [6.45, 7) is 6.65. The molecule has 3 rings (SSSR count). The quantitative estimate of drug-likeness (QED) is 0.830. The highest BCUT2D eigenvalue weighted by atomic mass is 19.1. The second kappa shape index (κ2) is 7.88. The maximum Gasteiger partial charge on any atom is 0.326 e. The van der Waals surface area contributed by atoms with Gasteiger partial charge in [0.05, 0.1) is 13.2 Å². The van der Waals surface area contributed by atoms with E-state index in [1.165, 1.54) is 12.1 Å². The average molecular weight is 385 g/mol. The summed E-state index contributed by atoms with van der Waals surface area (Å²) in [5, 5.41) is 9.65. The number of phenolic OH excluding ortho intramolecular Hbond substituents is 1. The van der Waals surface area contributed by atoms with Gasteiger partial charge in [-0.1, -0.05) is 6.08 Å². The Morgan fingerprint density at radius 2 is 2.07 bits per heavy atom. The van der Waals surface area contributed by atoms with E-state index in [4.69, 9.17) is 4.74 Å². The van der Waals surface area contributed by atoms with Crippen molar-refractivity contribution >= 4 is 17.4 Å². The van der Waals surface area contributed by atoms with Gasteiger partial charge < -0.3 is 14.7 Å². The van der Waals surface area contributed by atoms with Crippen LogP contribution in [0.5, 0.6) is 11.6 Å². The molecule has 1 N–H and O–H groups in total. The molecule has 6 nitrogen and oxygen atoms in total. The molecule has 2 aromatic rings. The Morgan fingerprint density at radius 3 is 2.71 bits per heavy atom. The first-order valence-corrected chi connectivity index (χ1v) is 9.11. The van der Waals surface area contributed by atoms with Gasteiger partial charge in [-0.05, 0) is 56.2 Å². The van der Waals surface area contributed by atoms with Crippen LogP contribution in [0, 0.1) is 5.82 Å². The smallest absolute Gasteiger partial charge is 0.326 e. The fraction of sp³-hybridized carbons (Fsp3) is 0.333. The number of hydrogen-bond acceptors (Lipinski definition) is 4. The molecule has 0 spiro atoms. The summed E-state index contributed by atoms with van der Waals surface area (Å²) in [5.74, 6) is 0.270. The first kappa shape index (κ1) is 19.7. The maximum atomic E-state index is 13.6. The van der Waals surface area contributed by atoms with E-state index in [2.05, 4.69) is 4.98 Å². The number of phenols is 1. The van der Waals surface area contributed by atoms with Crippen molar-refractivity contribution in [3.63, 3.8) is 0 Å². The Labute approximate surface area is 163 Å². The summed E-state index contributed by atoms with van der Waals surface area (Å²) in [6, 6.07) is 6.92. The number of methoxy groups -OCH3 is 1. The number of allylic oxidation sites excluding steroid dienone is 2. The highest BCUT2D eigenvalue weighted by Gasteiger charge is 2.34. The zero-order valence-corrected chi connectivity index (χ0v) is 16.4. The van der Waals surface area contributed by atoms with Crippen molar-refractivity contribution in [1.82, 2.24) is 9.88 Å². The van der Waals surface area contributed by atoms with Crippen molar-refractivity contribution in [2.75, 3.05) is 25.1 Å². The van der Waals surface area contributed by atoms with E-state index in [-0.39, 0.29) is 17.8 Å². The van der Waals surface area contributed by atoms with Crippen LogP contribution in [0.15, 0.2) is 36.4 Å². The molecule has 148 valence electrons. The third-order valence-electron chi connectivity index (χ3n) is 5.07. The number of pyridine rings is 1. The fourth-order valence-electron chi connectivity index (χ4n) is 3.34. The van der Waals surface area contributed by atoms with Crippen LogP contribution in [0.3, 0.4) is 0 Å². The van der Waals surface area contributed by atoms with E-state index in [0.717, 1.165) is 17.2 Å². The molecule has 1 fully saturated rings. The van der Waals surface area contributed by atoms with Crippen LogP contribution >= 0.6 is 0 Å². The number of anilines is 1. The molecule has 0 radical (unpaired) electrons. The predicted octanol–water partition coefficient (Wildman–Crippen LogP) is 4.36. The summed E-state index contributed by atoms with van der Waals surface area (Å²) in [4.78, 5) is 20.7. The summed E-state index contributed by atoms with van der Waals surface area (Å²) >= 11 is 0. The third kappa shape index (κ3) is 3.65. The molecule has 1 unspecified atom stereocenters. The van der Waals surface area contributed by atoms with Crippen molar-refractivity contribution in [2.45, 2.75) is 26.8 Å². The highest BCUT2D eigenvalue weighted by molar-refractivity contribution is 5.93. The van der Waals surface area contributed by atoms with E-state index < -0.39 is 5.82 Å². The number of halogens is 1. The number of rotatable bonds is 5. The van der Waals surface area contributed by atoms with Crippen LogP contribution in [-0.4, -0.2) is 41.2 Å². The van der Waals surface area contributed by atoms with Gasteiger partial charge in [-0.2, -0.15) is 4.98 Å². The number of ether oxygens (including phenoxy) is 1. The number of benzene rings is 1. The molecule has 1 saturated heterocycles. The van der Waals surface area contributed by atoms with Crippen molar-refractivity contribution in [2.24, 2.45) is 0 Å². The van der Waals surface area contributed by atoms with E-state index in [1.807, 2.05) is 32.9 Å². The first-order valence-electron chi connectivity index (χ1n) is 9.11. The monoisotopic (exact) mass is 385 g/mol.